The Morgan fingerprint density at radius 3 is 2.58 bits per heavy atom. The maximum atomic E-state index is 13.0. The summed E-state index contributed by atoms with van der Waals surface area (Å²) >= 11 is 3.46. The fourth-order valence-electron chi connectivity index (χ4n) is 3.79. The van der Waals surface area contributed by atoms with Gasteiger partial charge in [-0.3, -0.25) is 14.5 Å². The number of furan rings is 1. The van der Waals surface area contributed by atoms with Gasteiger partial charge in [-0.2, -0.15) is 0 Å². The summed E-state index contributed by atoms with van der Waals surface area (Å²) in [6.07, 6.45) is 1.49. The van der Waals surface area contributed by atoms with Gasteiger partial charge in [0.2, 0.25) is 5.76 Å². The van der Waals surface area contributed by atoms with Crippen LogP contribution in [-0.4, -0.2) is 49.0 Å². The standard InChI is InChI=1S/C28H26BrN3O8/c1-4-38-23-12-17(19(29)13-24(23)39-15-25(33)30-20-8-6-5-7-16(20)2)11-21-26(34)32(28(36)31-21)14-18-9-10-22(40-18)27(35)37-3/h5-13H,4,14-15H2,1-3H3,(H,30,33)(H,31,36)/b21-11-. The first-order chi connectivity index (χ1) is 19.2. The smallest absolute Gasteiger partial charge is 0.373 e. The first kappa shape index (κ1) is 28.4. The van der Waals surface area contributed by atoms with E-state index in [-0.39, 0.29) is 36.3 Å². The monoisotopic (exact) mass is 611 g/mol. The average molecular weight is 612 g/mol. The fraction of sp³-hybridized carbons (Fsp3) is 0.214. The number of hydrogen-bond donors (Lipinski definition) is 2. The number of para-hydroxylation sites is 1. The fourth-order valence-corrected chi connectivity index (χ4v) is 4.22. The number of aryl methyl sites for hydroxylation is 1. The minimum absolute atomic E-state index is 0.0270. The molecule has 2 heterocycles. The van der Waals surface area contributed by atoms with Crippen LogP contribution in [0.3, 0.4) is 0 Å². The summed E-state index contributed by atoms with van der Waals surface area (Å²) in [5, 5.41) is 5.35. The molecule has 1 aliphatic rings. The van der Waals surface area contributed by atoms with Crippen LogP contribution in [0, 0.1) is 6.92 Å². The molecule has 0 radical (unpaired) electrons. The second-order valence-corrected chi connectivity index (χ2v) is 9.40. The van der Waals surface area contributed by atoms with Crippen LogP contribution in [0.2, 0.25) is 0 Å². The number of nitrogens with zero attached hydrogens (tertiary/aromatic N) is 1. The van der Waals surface area contributed by atoms with E-state index in [1.165, 1.54) is 25.3 Å². The van der Waals surface area contributed by atoms with Gasteiger partial charge in [0.25, 0.3) is 11.8 Å². The third-order valence-electron chi connectivity index (χ3n) is 5.77. The van der Waals surface area contributed by atoms with E-state index in [0.717, 1.165) is 10.5 Å². The van der Waals surface area contributed by atoms with E-state index in [1.54, 1.807) is 25.1 Å². The van der Waals surface area contributed by atoms with Gasteiger partial charge in [0.1, 0.15) is 11.5 Å². The number of carbonyl (C=O) groups excluding carboxylic acids is 4. The van der Waals surface area contributed by atoms with Crippen molar-refractivity contribution < 1.29 is 37.8 Å². The molecule has 0 unspecified atom stereocenters. The zero-order valence-electron chi connectivity index (χ0n) is 21.9. The van der Waals surface area contributed by atoms with Crippen LogP contribution < -0.4 is 20.1 Å². The van der Waals surface area contributed by atoms with Gasteiger partial charge in [-0.25, -0.2) is 9.59 Å². The van der Waals surface area contributed by atoms with Crippen molar-refractivity contribution in [3.63, 3.8) is 0 Å². The maximum Gasteiger partial charge on any atom is 0.373 e. The lowest BCUT2D eigenvalue weighted by Gasteiger charge is -2.14. The van der Waals surface area contributed by atoms with E-state index >= 15 is 0 Å². The lowest BCUT2D eigenvalue weighted by atomic mass is 10.1. The predicted octanol–water partition coefficient (Wildman–Crippen LogP) is 4.65. The molecule has 40 heavy (non-hydrogen) atoms. The Kier molecular flexibility index (Phi) is 8.90. The van der Waals surface area contributed by atoms with Gasteiger partial charge in [0.05, 0.1) is 20.3 Å². The summed E-state index contributed by atoms with van der Waals surface area (Å²) in [6.45, 7) is 3.58. The van der Waals surface area contributed by atoms with Crippen LogP contribution in [0.1, 0.15) is 34.4 Å². The van der Waals surface area contributed by atoms with Crippen LogP contribution in [0.25, 0.3) is 6.08 Å². The molecule has 12 heteroatoms. The second-order valence-electron chi connectivity index (χ2n) is 8.54. The van der Waals surface area contributed by atoms with Crippen molar-refractivity contribution in [1.82, 2.24) is 10.2 Å². The summed E-state index contributed by atoms with van der Waals surface area (Å²) in [6, 6.07) is 12.9. The Morgan fingerprint density at radius 1 is 1.10 bits per heavy atom. The van der Waals surface area contributed by atoms with E-state index in [0.29, 0.717) is 33.8 Å². The number of methoxy groups -OCH3 is 1. The van der Waals surface area contributed by atoms with Gasteiger partial charge < -0.3 is 29.3 Å². The number of benzene rings is 2. The molecule has 3 aromatic rings. The molecule has 11 nitrogen and oxygen atoms in total. The number of rotatable bonds is 10. The normalized spacial score (nSPS) is 13.8. The van der Waals surface area contributed by atoms with Crippen LogP contribution in [0.5, 0.6) is 11.5 Å². The summed E-state index contributed by atoms with van der Waals surface area (Å²) in [7, 11) is 1.22. The van der Waals surface area contributed by atoms with Gasteiger partial charge in [0.15, 0.2) is 18.1 Å². The number of carbonyl (C=O) groups is 4. The molecular weight excluding hydrogens is 586 g/mol. The van der Waals surface area contributed by atoms with Crippen molar-refractivity contribution in [3.05, 3.63) is 81.3 Å². The van der Waals surface area contributed by atoms with E-state index < -0.39 is 17.9 Å². The van der Waals surface area contributed by atoms with Crippen molar-refractivity contribution in [2.75, 3.05) is 25.6 Å². The molecule has 2 aromatic carbocycles. The molecule has 1 aromatic heterocycles. The Bertz CT molecular complexity index is 1500. The second kappa shape index (κ2) is 12.5. The summed E-state index contributed by atoms with van der Waals surface area (Å²) in [5.74, 6) is -0.731. The van der Waals surface area contributed by atoms with Crippen LogP contribution in [0.4, 0.5) is 10.5 Å². The highest BCUT2D eigenvalue weighted by Crippen LogP contribution is 2.35. The summed E-state index contributed by atoms with van der Waals surface area (Å²) < 4.78 is 22.0. The number of hydrogen-bond acceptors (Lipinski definition) is 8. The minimum Gasteiger partial charge on any atom is -0.490 e. The Morgan fingerprint density at radius 2 is 1.85 bits per heavy atom. The third kappa shape index (κ3) is 6.52. The van der Waals surface area contributed by atoms with Gasteiger partial charge in [0, 0.05) is 10.2 Å². The Balaban J connectivity index is 1.48. The minimum atomic E-state index is -0.668. The molecule has 0 spiro atoms. The Hall–Kier alpha value is -4.58. The maximum absolute atomic E-state index is 13.0. The summed E-state index contributed by atoms with van der Waals surface area (Å²) in [4.78, 5) is 50.5. The zero-order chi connectivity index (χ0) is 28.8. The van der Waals surface area contributed by atoms with Crippen molar-refractivity contribution in [3.8, 4) is 11.5 Å². The molecule has 4 rings (SSSR count). The highest BCUT2D eigenvalue weighted by atomic mass is 79.9. The molecule has 2 N–H and O–H groups in total. The predicted molar refractivity (Wildman–Crippen MR) is 148 cm³/mol. The number of esters is 1. The molecule has 1 saturated heterocycles. The topological polar surface area (TPSA) is 136 Å². The van der Waals surface area contributed by atoms with E-state index in [2.05, 4.69) is 31.3 Å². The SMILES string of the molecule is CCOc1cc(/C=C2\NC(=O)N(Cc3ccc(C(=O)OC)o3)C2=O)c(Br)cc1OCC(=O)Nc1ccccc1C. The largest absolute Gasteiger partial charge is 0.490 e. The van der Waals surface area contributed by atoms with Crippen LogP contribution in [0.15, 0.2) is 63.1 Å². The molecule has 1 fully saturated rings. The number of imide groups is 1. The molecular formula is C28H26BrN3O8. The number of anilines is 1. The highest BCUT2D eigenvalue weighted by molar-refractivity contribution is 9.10. The van der Waals surface area contributed by atoms with Gasteiger partial charge in [-0.05, 0) is 61.4 Å². The lowest BCUT2D eigenvalue weighted by molar-refractivity contribution is -0.123. The summed E-state index contributed by atoms with van der Waals surface area (Å²) in [5.41, 5.74) is 2.17. The highest BCUT2D eigenvalue weighted by Gasteiger charge is 2.34. The number of ether oxygens (including phenoxy) is 3. The van der Waals surface area contributed by atoms with Crippen LogP contribution in [-0.2, 0) is 20.9 Å². The molecule has 0 bridgehead atoms. The van der Waals surface area contributed by atoms with Crippen molar-refractivity contribution in [2.45, 2.75) is 20.4 Å². The molecule has 0 atom stereocenters. The first-order valence-electron chi connectivity index (χ1n) is 12.2. The quantitative estimate of drug-likeness (QED) is 0.192. The Labute approximate surface area is 238 Å². The van der Waals surface area contributed by atoms with Crippen molar-refractivity contribution in [1.29, 1.82) is 0 Å². The van der Waals surface area contributed by atoms with Crippen LogP contribution >= 0.6 is 15.9 Å². The van der Waals surface area contributed by atoms with Gasteiger partial charge in [-0.15, -0.1) is 0 Å². The molecule has 0 aliphatic carbocycles. The first-order valence-corrected chi connectivity index (χ1v) is 13.0. The number of amides is 4. The molecule has 208 valence electrons. The third-order valence-corrected chi connectivity index (χ3v) is 6.45. The number of nitrogens with one attached hydrogen (secondary N) is 2. The zero-order valence-corrected chi connectivity index (χ0v) is 23.5. The average Bonchev–Trinajstić information content (AvgIpc) is 3.51. The van der Waals surface area contributed by atoms with Gasteiger partial charge >= 0.3 is 12.0 Å². The molecule has 4 amide bonds. The van der Waals surface area contributed by atoms with E-state index in [9.17, 15) is 19.2 Å². The van der Waals surface area contributed by atoms with E-state index in [4.69, 9.17) is 13.9 Å². The molecule has 1 aliphatic heterocycles. The number of halogens is 1. The lowest BCUT2D eigenvalue weighted by Crippen LogP contribution is -2.30. The van der Waals surface area contributed by atoms with E-state index in [1.807, 2.05) is 25.1 Å². The van der Waals surface area contributed by atoms with Crippen molar-refractivity contribution in [2.24, 2.45) is 0 Å². The van der Waals surface area contributed by atoms with Gasteiger partial charge in [-0.1, -0.05) is 34.1 Å². The molecule has 0 saturated carbocycles. The number of urea groups is 1. The van der Waals surface area contributed by atoms with Crippen molar-refractivity contribution >= 4 is 51.5 Å².